The minimum absolute atomic E-state index is 0.0146. The van der Waals surface area contributed by atoms with Crippen molar-refractivity contribution in [2.24, 2.45) is 28.6 Å². The number of Topliss-reactive ketones (excluding diaryl/α,β-unsaturated/α-hetero) is 1. The van der Waals surface area contributed by atoms with E-state index in [0.29, 0.717) is 25.7 Å². The Kier molecular flexibility index (Phi) is 13.8. The fraction of sp³-hybridized carbons (Fsp3) is 0.791. The Morgan fingerprint density at radius 1 is 0.960 bits per heavy atom. The van der Waals surface area contributed by atoms with Crippen molar-refractivity contribution in [3.8, 4) is 0 Å². The van der Waals surface area contributed by atoms with Gasteiger partial charge in [0.2, 0.25) is 5.78 Å². The Hall–Kier alpha value is -2.09. The molecule has 9 unspecified atom stereocenters. The molecule has 0 aromatic carbocycles. The van der Waals surface area contributed by atoms with E-state index in [1.807, 2.05) is 6.08 Å². The summed E-state index contributed by atoms with van der Waals surface area (Å²) in [5, 5.41) is 11.9. The summed E-state index contributed by atoms with van der Waals surface area (Å²) in [4.78, 5) is 39.4. The molecule has 1 heterocycles. The van der Waals surface area contributed by atoms with Crippen LogP contribution in [0.25, 0.3) is 0 Å². The SMILES string of the molecule is CCCCCCCCCCC/C=C\CCCCC(=O)OCC(=O)C12OC(CCC)OC1CC1C3CCC4=CC(=O)C=CC4(C)C3C(O)CC12C. The third-order valence-corrected chi connectivity index (χ3v) is 13.2. The second kappa shape index (κ2) is 17.6. The highest BCUT2D eigenvalue weighted by Crippen LogP contribution is 2.69. The van der Waals surface area contributed by atoms with Crippen LogP contribution in [0.2, 0.25) is 0 Å². The number of carbonyl (C=O) groups is 3. The molecular formula is C43H66O7. The van der Waals surface area contributed by atoms with E-state index in [-0.39, 0.29) is 41.9 Å². The lowest BCUT2D eigenvalue weighted by molar-refractivity contribution is -0.201. The summed E-state index contributed by atoms with van der Waals surface area (Å²) < 4.78 is 18.8. The third-order valence-electron chi connectivity index (χ3n) is 13.2. The molecule has 1 saturated heterocycles. The number of hydrogen-bond acceptors (Lipinski definition) is 7. The van der Waals surface area contributed by atoms with Gasteiger partial charge in [-0.2, -0.15) is 0 Å². The summed E-state index contributed by atoms with van der Waals surface area (Å²) in [5.74, 6) is -0.380. The number of fused-ring (bicyclic) bond motifs is 7. The van der Waals surface area contributed by atoms with Crippen LogP contribution in [-0.2, 0) is 28.6 Å². The summed E-state index contributed by atoms with van der Waals surface area (Å²) in [6, 6.07) is 0. The number of hydrogen-bond donors (Lipinski definition) is 1. The Labute approximate surface area is 302 Å². The number of aliphatic hydroxyl groups is 1. The predicted octanol–water partition coefficient (Wildman–Crippen LogP) is 9.31. The van der Waals surface area contributed by atoms with Crippen molar-refractivity contribution in [2.45, 2.75) is 180 Å². The zero-order valence-electron chi connectivity index (χ0n) is 31.6. The van der Waals surface area contributed by atoms with Gasteiger partial charge in [-0.3, -0.25) is 14.4 Å². The molecule has 3 saturated carbocycles. The van der Waals surface area contributed by atoms with Crippen LogP contribution in [0.4, 0.5) is 0 Å². The van der Waals surface area contributed by atoms with Crippen molar-refractivity contribution in [3.05, 3.63) is 36.0 Å². The number of unbranched alkanes of at least 4 members (excludes halogenated alkanes) is 11. The van der Waals surface area contributed by atoms with Crippen LogP contribution in [0.1, 0.15) is 156 Å². The number of esters is 1. The number of carbonyl (C=O) groups excluding carboxylic acids is 3. The number of allylic oxidation sites excluding steroid dienone is 6. The van der Waals surface area contributed by atoms with Crippen molar-refractivity contribution in [2.75, 3.05) is 6.61 Å². The third kappa shape index (κ3) is 8.10. The number of ketones is 2. The normalized spacial score (nSPS) is 35.8. The molecule has 4 fully saturated rings. The van der Waals surface area contributed by atoms with E-state index in [9.17, 15) is 19.5 Å². The maximum Gasteiger partial charge on any atom is 0.306 e. The molecule has 1 aliphatic heterocycles. The van der Waals surface area contributed by atoms with Crippen LogP contribution in [0.5, 0.6) is 0 Å². The molecule has 0 aromatic rings. The van der Waals surface area contributed by atoms with Gasteiger partial charge in [0.15, 0.2) is 24.3 Å². The largest absolute Gasteiger partial charge is 0.458 e. The van der Waals surface area contributed by atoms with Crippen LogP contribution < -0.4 is 0 Å². The maximum absolute atomic E-state index is 14.3. The van der Waals surface area contributed by atoms with E-state index in [0.717, 1.165) is 50.5 Å². The van der Waals surface area contributed by atoms with E-state index in [1.54, 1.807) is 12.2 Å². The van der Waals surface area contributed by atoms with Crippen molar-refractivity contribution < 1.29 is 33.7 Å². The smallest absolute Gasteiger partial charge is 0.306 e. The Bertz CT molecular complexity index is 1270. The van der Waals surface area contributed by atoms with Crippen molar-refractivity contribution in [3.63, 3.8) is 0 Å². The molecule has 0 amide bonds. The molecule has 5 aliphatic rings. The summed E-state index contributed by atoms with van der Waals surface area (Å²) >= 11 is 0. The molecule has 1 N–H and O–H groups in total. The van der Waals surface area contributed by atoms with Crippen LogP contribution in [0, 0.1) is 28.6 Å². The maximum atomic E-state index is 14.3. The molecule has 0 aromatic heterocycles. The lowest BCUT2D eigenvalue weighted by atomic mass is 9.46. The minimum Gasteiger partial charge on any atom is -0.458 e. The molecule has 5 rings (SSSR count). The molecule has 50 heavy (non-hydrogen) atoms. The molecule has 0 radical (unpaired) electrons. The topological polar surface area (TPSA) is 99.1 Å². The predicted molar refractivity (Wildman–Crippen MR) is 196 cm³/mol. The van der Waals surface area contributed by atoms with Crippen molar-refractivity contribution in [1.29, 1.82) is 0 Å². The van der Waals surface area contributed by atoms with E-state index < -0.39 is 34.9 Å². The molecule has 7 heteroatoms. The lowest BCUT2D eigenvalue weighted by Gasteiger charge is -2.59. The molecule has 280 valence electrons. The second-order valence-electron chi connectivity index (χ2n) is 16.6. The Morgan fingerprint density at radius 3 is 2.34 bits per heavy atom. The van der Waals surface area contributed by atoms with E-state index in [2.05, 4.69) is 39.8 Å². The van der Waals surface area contributed by atoms with Gasteiger partial charge in [-0.1, -0.05) is 109 Å². The molecule has 9 atom stereocenters. The van der Waals surface area contributed by atoms with Crippen LogP contribution in [0.3, 0.4) is 0 Å². The van der Waals surface area contributed by atoms with Gasteiger partial charge >= 0.3 is 5.97 Å². The summed E-state index contributed by atoms with van der Waals surface area (Å²) in [7, 11) is 0. The standard InChI is InChI=1S/C43H66O7/c1-5-7-8-9-10-11-12-13-14-15-16-17-18-19-20-22-38(47)48-30-36(46)43-37(49-39(50-43)21-6-2)28-34-33-24-23-31-27-32(44)25-26-41(31,3)40(33)35(45)29-42(34,43)4/h16-17,25-27,33-35,37,39-40,45H,5-15,18-24,28-30H2,1-4H3/b17-16-. The minimum atomic E-state index is -1.27. The zero-order chi connectivity index (χ0) is 35.8. The summed E-state index contributed by atoms with van der Waals surface area (Å²) in [5.41, 5.74) is -1.22. The van der Waals surface area contributed by atoms with Gasteiger partial charge in [-0.15, -0.1) is 0 Å². The van der Waals surface area contributed by atoms with Gasteiger partial charge in [0.05, 0.1) is 12.2 Å². The zero-order valence-corrected chi connectivity index (χ0v) is 31.6. The van der Waals surface area contributed by atoms with Gasteiger partial charge in [0.25, 0.3) is 0 Å². The summed E-state index contributed by atoms with van der Waals surface area (Å²) in [6.45, 7) is 8.25. The summed E-state index contributed by atoms with van der Waals surface area (Å²) in [6.07, 6.45) is 28.7. The first-order valence-electron chi connectivity index (χ1n) is 20.4. The van der Waals surface area contributed by atoms with Gasteiger partial charge in [0, 0.05) is 23.2 Å². The molecule has 0 spiro atoms. The first kappa shape index (κ1) is 39.1. The van der Waals surface area contributed by atoms with Gasteiger partial charge in [0.1, 0.15) is 0 Å². The highest BCUT2D eigenvalue weighted by atomic mass is 16.7. The van der Waals surface area contributed by atoms with Gasteiger partial charge in [-0.05, 0) is 88.2 Å². The molecule has 0 bridgehead atoms. The molecule has 7 nitrogen and oxygen atoms in total. The van der Waals surface area contributed by atoms with Crippen LogP contribution >= 0.6 is 0 Å². The number of aliphatic hydroxyl groups excluding tert-OH is 1. The van der Waals surface area contributed by atoms with Crippen molar-refractivity contribution in [1.82, 2.24) is 0 Å². The van der Waals surface area contributed by atoms with E-state index >= 15 is 0 Å². The van der Waals surface area contributed by atoms with Crippen molar-refractivity contribution >= 4 is 17.5 Å². The monoisotopic (exact) mass is 694 g/mol. The highest BCUT2D eigenvalue weighted by molar-refractivity contribution is 6.01. The van der Waals surface area contributed by atoms with Crippen LogP contribution in [0.15, 0.2) is 36.0 Å². The average molecular weight is 695 g/mol. The highest BCUT2D eigenvalue weighted by Gasteiger charge is 2.75. The second-order valence-corrected chi connectivity index (χ2v) is 16.6. The molecule has 4 aliphatic carbocycles. The van der Waals surface area contributed by atoms with Gasteiger partial charge in [-0.25, -0.2) is 0 Å². The Balaban J connectivity index is 1.10. The Morgan fingerprint density at radius 2 is 1.64 bits per heavy atom. The fourth-order valence-corrected chi connectivity index (χ4v) is 10.7. The first-order valence-corrected chi connectivity index (χ1v) is 20.4. The number of ether oxygens (including phenoxy) is 3. The van der Waals surface area contributed by atoms with Gasteiger partial charge < -0.3 is 19.3 Å². The lowest BCUT2D eigenvalue weighted by Crippen LogP contribution is -2.63. The fourth-order valence-electron chi connectivity index (χ4n) is 10.7. The number of rotatable bonds is 20. The van der Waals surface area contributed by atoms with E-state index in [4.69, 9.17) is 14.2 Å². The van der Waals surface area contributed by atoms with Crippen LogP contribution in [-0.4, -0.2) is 53.3 Å². The first-order chi connectivity index (χ1) is 24.1. The van der Waals surface area contributed by atoms with E-state index in [1.165, 1.54) is 57.8 Å². The quantitative estimate of drug-likeness (QED) is 0.0770. The molecular weight excluding hydrogens is 628 g/mol. The average Bonchev–Trinajstić information content (AvgIpc) is 3.57.